The van der Waals surface area contributed by atoms with Gasteiger partial charge in [0.1, 0.15) is 0 Å². The van der Waals surface area contributed by atoms with Gasteiger partial charge in [-0.15, -0.1) is 0 Å². The molecule has 0 heterocycles. The number of ether oxygens (including phenoxy) is 1. The van der Waals surface area contributed by atoms with Gasteiger partial charge in [-0.1, -0.05) is 180 Å². The predicted molar refractivity (Wildman–Crippen MR) is 152 cm³/mol. The van der Waals surface area contributed by atoms with Crippen molar-refractivity contribution in [1.82, 2.24) is 0 Å². The number of hydrogen-bond acceptors (Lipinski definition) is 2. The zero-order chi connectivity index (χ0) is 24.8. The van der Waals surface area contributed by atoms with E-state index in [2.05, 4.69) is 6.92 Å². The van der Waals surface area contributed by atoms with Crippen molar-refractivity contribution in [2.45, 2.75) is 187 Å². The highest BCUT2D eigenvalue weighted by Gasteiger charge is 1.97. The minimum atomic E-state index is -0.676. The largest absolute Gasteiger partial charge is 0.454 e. The van der Waals surface area contributed by atoms with Gasteiger partial charge in [-0.25, -0.2) is 4.79 Å². The van der Waals surface area contributed by atoms with Crippen molar-refractivity contribution >= 4 is 17.0 Å². The summed E-state index contributed by atoms with van der Waals surface area (Å²) in [4.78, 5) is 10.4. The van der Waals surface area contributed by atoms with Crippen LogP contribution in [0.25, 0.3) is 0 Å². The summed E-state index contributed by atoms with van der Waals surface area (Å²) in [6, 6.07) is 0. The van der Waals surface area contributed by atoms with Gasteiger partial charge >= 0.3 is 5.43 Å². The lowest BCUT2D eigenvalue weighted by Gasteiger charge is -2.04. The van der Waals surface area contributed by atoms with Gasteiger partial charge in [0, 0.05) is 11.6 Å². The molecule has 0 rings (SSSR count). The van der Waals surface area contributed by atoms with Crippen LogP contribution < -0.4 is 0 Å². The molecule has 0 saturated heterocycles. The number of carbonyl (C=O) groups is 1. The Bertz CT molecular complexity index is 386. The highest BCUT2D eigenvalue weighted by Crippen LogP contribution is 2.16. The first-order valence-corrected chi connectivity index (χ1v) is 16.0. The van der Waals surface area contributed by atoms with Gasteiger partial charge in [-0.3, -0.25) is 0 Å². The van der Waals surface area contributed by atoms with Gasteiger partial charge in [-0.2, -0.15) is 0 Å². The van der Waals surface area contributed by atoms with E-state index < -0.39 is 5.43 Å². The van der Waals surface area contributed by atoms with Crippen molar-refractivity contribution in [2.75, 3.05) is 6.61 Å². The molecule has 0 N–H and O–H groups in total. The minimum Gasteiger partial charge on any atom is -0.454 e. The topological polar surface area (TPSA) is 26.3 Å². The third-order valence-electron chi connectivity index (χ3n) is 7.21. The first-order chi connectivity index (χ1) is 16.8. The SMILES string of the molecule is CCCCCCCCCCCCCCCCCCCCCCCCCCCCCCOC(=O)Cl. The Kier molecular flexibility index (Phi) is 30.6. The molecular weight excluding hydrogens is 440 g/mol. The van der Waals surface area contributed by atoms with Gasteiger partial charge in [-0.05, 0) is 6.42 Å². The lowest BCUT2D eigenvalue weighted by molar-refractivity contribution is 0.170. The molecule has 34 heavy (non-hydrogen) atoms. The Morgan fingerprint density at radius 2 is 0.618 bits per heavy atom. The maximum Gasteiger partial charge on any atom is 0.403 e. The fraction of sp³-hybridized carbons (Fsp3) is 0.968. The molecule has 0 unspecified atom stereocenters. The summed E-state index contributed by atoms with van der Waals surface area (Å²) in [5.74, 6) is 0. The van der Waals surface area contributed by atoms with Crippen LogP contribution in [0.3, 0.4) is 0 Å². The second kappa shape index (κ2) is 30.8. The predicted octanol–water partition coefficient (Wildman–Crippen LogP) is 12.3. The van der Waals surface area contributed by atoms with Crippen molar-refractivity contribution < 1.29 is 9.53 Å². The average Bonchev–Trinajstić information content (AvgIpc) is 2.83. The molecule has 0 aromatic carbocycles. The van der Waals surface area contributed by atoms with Crippen LogP contribution in [0.4, 0.5) is 4.79 Å². The molecule has 0 atom stereocenters. The maximum atomic E-state index is 10.4. The number of rotatable bonds is 29. The number of halogens is 1. The van der Waals surface area contributed by atoms with E-state index in [-0.39, 0.29) is 0 Å². The summed E-state index contributed by atoms with van der Waals surface area (Å²) in [6.45, 7) is 2.77. The molecule has 3 heteroatoms. The number of carbonyl (C=O) groups excluding carboxylic acids is 1. The molecule has 0 aliphatic rings. The van der Waals surface area contributed by atoms with E-state index in [0.717, 1.165) is 12.8 Å². The lowest BCUT2D eigenvalue weighted by Crippen LogP contribution is -1.96. The third kappa shape index (κ3) is 31.8. The molecule has 0 aliphatic carbocycles. The smallest absolute Gasteiger partial charge is 0.403 e. The van der Waals surface area contributed by atoms with Gasteiger partial charge in [0.25, 0.3) is 0 Å². The molecule has 0 radical (unpaired) electrons. The zero-order valence-corrected chi connectivity index (χ0v) is 24.0. The molecular formula is C31H61ClO2. The van der Waals surface area contributed by atoms with Crippen LogP contribution in [0.5, 0.6) is 0 Å². The summed E-state index contributed by atoms with van der Waals surface area (Å²) in [5, 5.41) is 0. The van der Waals surface area contributed by atoms with Crippen molar-refractivity contribution in [3.8, 4) is 0 Å². The Morgan fingerprint density at radius 1 is 0.412 bits per heavy atom. The molecule has 0 fully saturated rings. The van der Waals surface area contributed by atoms with Crippen molar-refractivity contribution in [3.63, 3.8) is 0 Å². The third-order valence-corrected chi connectivity index (χ3v) is 7.32. The molecule has 0 aromatic rings. The molecule has 0 aliphatic heterocycles. The second-order valence-corrected chi connectivity index (χ2v) is 10.9. The van der Waals surface area contributed by atoms with Crippen LogP contribution in [0.15, 0.2) is 0 Å². The van der Waals surface area contributed by atoms with Crippen LogP contribution in [0, 0.1) is 0 Å². The quantitative estimate of drug-likeness (QED) is 0.0753. The van der Waals surface area contributed by atoms with Crippen LogP contribution in [0.2, 0.25) is 0 Å². The van der Waals surface area contributed by atoms with Gasteiger partial charge in [0.15, 0.2) is 0 Å². The Balaban J connectivity index is 3.01. The van der Waals surface area contributed by atoms with E-state index in [1.165, 1.54) is 167 Å². The Labute approximate surface area is 219 Å². The standard InChI is InChI=1S/C31H61ClO2/c1-2-3-4-5-6-7-8-9-10-11-12-13-14-15-16-17-18-19-20-21-22-23-24-25-26-27-28-29-30-34-31(32)33/h2-30H2,1H3. The Morgan fingerprint density at radius 3 is 0.824 bits per heavy atom. The van der Waals surface area contributed by atoms with Crippen molar-refractivity contribution in [1.29, 1.82) is 0 Å². The molecule has 0 bridgehead atoms. The molecule has 0 amide bonds. The van der Waals surface area contributed by atoms with Crippen molar-refractivity contribution in [3.05, 3.63) is 0 Å². The van der Waals surface area contributed by atoms with Crippen LogP contribution >= 0.6 is 11.6 Å². The fourth-order valence-corrected chi connectivity index (χ4v) is 5.00. The van der Waals surface area contributed by atoms with Crippen molar-refractivity contribution in [2.24, 2.45) is 0 Å². The first kappa shape index (κ1) is 33.8. The molecule has 204 valence electrons. The first-order valence-electron chi connectivity index (χ1n) is 15.6. The summed E-state index contributed by atoms with van der Waals surface area (Å²) in [6.07, 6.45) is 39.4. The van der Waals surface area contributed by atoms with Crippen LogP contribution in [-0.4, -0.2) is 12.0 Å². The van der Waals surface area contributed by atoms with Gasteiger partial charge < -0.3 is 4.74 Å². The van der Waals surface area contributed by atoms with Crippen LogP contribution in [-0.2, 0) is 4.74 Å². The number of hydrogen-bond donors (Lipinski definition) is 0. The normalized spacial score (nSPS) is 11.2. The van der Waals surface area contributed by atoms with E-state index in [1.54, 1.807) is 0 Å². The zero-order valence-electron chi connectivity index (χ0n) is 23.2. The van der Waals surface area contributed by atoms with Crippen LogP contribution in [0.1, 0.15) is 187 Å². The molecule has 2 nitrogen and oxygen atoms in total. The molecule has 0 spiro atoms. The highest BCUT2D eigenvalue weighted by atomic mass is 35.5. The maximum absolute atomic E-state index is 10.4. The summed E-state index contributed by atoms with van der Waals surface area (Å²) in [5.41, 5.74) is -0.676. The summed E-state index contributed by atoms with van der Waals surface area (Å²) < 4.78 is 4.73. The monoisotopic (exact) mass is 500 g/mol. The Hall–Kier alpha value is -0.240. The molecule has 0 saturated carbocycles. The average molecular weight is 501 g/mol. The van der Waals surface area contributed by atoms with E-state index in [9.17, 15) is 4.79 Å². The van der Waals surface area contributed by atoms with E-state index in [4.69, 9.17) is 16.3 Å². The summed E-state index contributed by atoms with van der Waals surface area (Å²) >= 11 is 5.13. The number of unbranched alkanes of at least 4 members (excludes halogenated alkanes) is 27. The van der Waals surface area contributed by atoms with Gasteiger partial charge in [0.05, 0.1) is 6.61 Å². The highest BCUT2D eigenvalue weighted by molar-refractivity contribution is 6.61. The van der Waals surface area contributed by atoms with E-state index in [0.29, 0.717) is 6.61 Å². The lowest BCUT2D eigenvalue weighted by atomic mass is 10.0. The van der Waals surface area contributed by atoms with E-state index in [1.807, 2.05) is 0 Å². The molecule has 0 aromatic heterocycles. The van der Waals surface area contributed by atoms with Gasteiger partial charge in [0.2, 0.25) is 0 Å². The van der Waals surface area contributed by atoms with E-state index >= 15 is 0 Å². The second-order valence-electron chi connectivity index (χ2n) is 10.6. The minimum absolute atomic E-state index is 0.474. The fourth-order valence-electron chi connectivity index (χ4n) is 4.92. The summed E-state index contributed by atoms with van der Waals surface area (Å²) in [7, 11) is 0.